The van der Waals surface area contributed by atoms with Crippen LogP contribution in [0, 0.1) is 11.8 Å². The molecule has 1 aliphatic rings. The molecule has 2 unspecified atom stereocenters. The highest BCUT2D eigenvalue weighted by Crippen LogP contribution is 2.28. The molecule has 4 heteroatoms. The van der Waals surface area contributed by atoms with Crippen LogP contribution in [0.15, 0.2) is 0 Å². The van der Waals surface area contributed by atoms with Crippen molar-refractivity contribution in [2.75, 3.05) is 13.6 Å². The Morgan fingerprint density at radius 1 is 1.71 bits per heavy atom. The number of rotatable bonds is 4. The molecule has 0 saturated carbocycles. The molecule has 0 aromatic carbocycles. The molecule has 4 nitrogen and oxygen atoms in total. The maximum atomic E-state index is 11.3. The Morgan fingerprint density at radius 2 is 2.36 bits per heavy atom. The Morgan fingerprint density at radius 3 is 2.71 bits per heavy atom. The monoisotopic (exact) mass is 199 g/mol. The minimum Gasteiger partial charge on any atom is -0.481 e. The highest BCUT2D eigenvalue weighted by Gasteiger charge is 2.32. The van der Waals surface area contributed by atoms with Crippen molar-refractivity contribution in [2.24, 2.45) is 11.8 Å². The van der Waals surface area contributed by atoms with Crippen LogP contribution >= 0.6 is 0 Å². The fourth-order valence-electron chi connectivity index (χ4n) is 2.08. The van der Waals surface area contributed by atoms with Gasteiger partial charge in [0.15, 0.2) is 0 Å². The van der Waals surface area contributed by atoms with Crippen molar-refractivity contribution in [3.05, 3.63) is 0 Å². The third-order valence-electron chi connectivity index (χ3n) is 3.00. The van der Waals surface area contributed by atoms with Gasteiger partial charge in [0, 0.05) is 26.4 Å². The van der Waals surface area contributed by atoms with Gasteiger partial charge in [0.2, 0.25) is 5.91 Å². The summed E-state index contributed by atoms with van der Waals surface area (Å²) in [5, 5.41) is 8.71. The van der Waals surface area contributed by atoms with Crippen LogP contribution in [0.4, 0.5) is 0 Å². The maximum Gasteiger partial charge on any atom is 0.303 e. The third-order valence-corrected chi connectivity index (χ3v) is 3.00. The highest BCUT2D eigenvalue weighted by atomic mass is 16.4. The number of likely N-dealkylation sites (tertiary alicyclic amines) is 1. The van der Waals surface area contributed by atoms with Gasteiger partial charge in [-0.2, -0.15) is 0 Å². The zero-order valence-corrected chi connectivity index (χ0v) is 8.69. The third kappa shape index (κ3) is 2.47. The zero-order chi connectivity index (χ0) is 10.7. The lowest BCUT2D eigenvalue weighted by Gasteiger charge is -2.19. The largest absolute Gasteiger partial charge is 0.481 e. The summed E-state index contributed by atoms with van der Waals surface area (Å²) in [7, 11) is 1.77. The number of nitrogens with zero attached hydrogens (tertiary/aromatic N) is 1. The topological polar surface area (TPSA) is 57.6 Å². The van der Waals surface area contributed by atoms with Crippen molar-refractivity contribution in [1.82, 2.24) is 4.90 Å². The Labute approximate surface area is 83.9 Å². The van der Waals surface area contributed by atoms with Crippen LogP contribution in [0.3, 0.4) is 0 Å². The van der Waals surface area contributed by atoms with E-state index in [9.17, 15) is 9.59 Å². The van der Waals surface area contributed by atoms with E-state index >= 15 is 0 Å². The van der Waals surface area contributed by atoms with Crippen LogP contribution in [0.5, 0.6) is 0 Å². The Bertz CT molecular complexity index is 238. The van der Waals surface area contributed by atoms with Crippen LogP contribution in [-0.2, 0) is 9.59 Å². The van der Waals surface area contributed by atoms with Crippen molar-refractivity contribution in [2.45, 2.75) is 26.2 Å². The van der Waals surface area contributed by atoms with E-state index in [2.05, 4.69) is 0 Å². The molecule has 1 amide bonds. The number of hydrogen-bond donors (Lipinski definition) is 1. The number of carboxylic acids is 1. The Balaban J connectivity index is 2.54. The fraction of sp³-hybridized carbons (Fsp3) is 0.800. The van der Waals surface area contributed by atoms with Gasteiger partial charge in [0.1, 0.15) is 0 Å². The first kappa shape index (κ1) is 11.0. The average molecular weight is 199 g/mol. The first-order chi connectivity index (χ1) is 6.54. The molecule has 1 aliphatic heterocycles. The van der Waals surface area contributed by atoms with E-state index in [0.29, 0.717) is 13.0 Å². The summed E-state index contributed by atoms with van der Waals surface area (Å²) in [6.07, 6.45) is 1.53. The molecule has 14 heavy (non-hydrogen) atoms. The first-order valence-corrected chi connectivity index (χ1v) is 5.00. The van der Waals surface area contributed by atoms with Crippen molar-refractivity contribution in [1.29, 1.82) is 0 Å². The van der Waals surface area contributed by atoms with Gasteiger partial charge in [-0.05, 0) is 11.8 Å². The van der Waals surface area contributed by atoms with E-state index in [1.54, 1.807) is 11.9 Å². The number of aliphatic carboxylic acids is 1. The number of carbonyl (C=O) groups excluding carboxylic acids is 1. The molecule has 1 N–H and O–H groups in total. The summed E-state index contributed by atoms with van der Waals surface area (Å²) in [4.78, 5) is 23.5. The van der Waals surface area contributed by atoms with Gasteiger partial charge in [-0.3, -0.25) is 9.59 Å². The summed E-state index contributed by atoms with van der Waals surface area (Å²) in [5.41, 5.74) is 0. The Hall–Kier alpha value is -1.06. The Kier molecular flexibility index (Phi) is 3.49. The van der Waals surface area contributed by atoms with E-state index in [0.717, 1.165) is 6.42 Å². The molecule has 0 spiro atoms. The quantitative estimate of drug-likeness (QED) is 0.733. The van der Waals surface area contributed by atoms with Crippen molar-refractivity contribution in [3.8, 4) is 0 Å². The highest BCUT2D eigenvalue weighted by molar-refractivity contribution is 5.78. The van der Waals surface area contributed by atoms with E-state index in [-0.39, 0.29) is 24.2 Å². The summed E-state index contributed by atoms with van der Waals surface area (Å²) < 4.78 is 0. The van der Waals surface area contributed by atoms with Crippen LogP contribution in [0.2, 0.25) is 0 Å². The van der Waals surface area contributed by atoms with Gasteiger partial charge in [0.25, 0.3) is 0 Å². The van der Waals surface area contributed by atoms with Crippen LogP contribution in [-0.4, -0.2) is 35.5 Å². The van der Waals surface area contributed by atoms with E-state index in [1.165, 1.54) is 0 Å². The lowest BCUT2D eigenvalue weighted by Crippen LogP contribution is -2.22. The smallest absolute Gasteiger partial charge is 0.303 e. The molecule has 1 heterocycles. The van der Waals surface area contributed by atoms with E-state index < -0.39 is 5.97 Å². The zero-order valence-electron chi connectivity index (χ0n) is 8.69. The SMILES string of the molecule is CCC(CC(=O)O)C1CC(=O)N(C)C1. The van der Waals surface area contributed by atoms with E-state index in [1.807, 2.05) is 6.92 Å². The summed E-state index contributed by atoms with van der Waals surface area (Å²) in [6, 6.07) is 0. The second kappa shape index (κ2) is 4.44. The van der Waals surface area contributed by atoms with Crippen LogP contribution in [0.1, 0.15) is 26.2 Å². The van der Waals surface area contributed by atoms with Gasteiger partial charge >= 0.3 is 5.97 Å². The van der Waals surface area contributed by atoms with Crippen LogP contribution in [0.25, 0.3) is 0 Å². The molecular weight excluding hydrogens is 182 g/mol. The summed E-state index contributed by atoms with van der Waals surface area (Å²) in [5.74, 6) is -0.257. The van der Waals surface area contributed by atoms with E-state index in [4.69, 9.17) is 5.11 Å². The number of amides is 1. The summed E-state index contributed by atoms with van der Waals surface area (Å²) >= 11 is 0. The average Bonchev–Trinajstić information content (AvgIpc) is 2.42. The standard InChI is InChI=1S/C10H17NO3/c1-3-7(5-10(13)14)8-4-9(12)11(2)6-8/h7-8H,3-6H2,1-2H3,(H,13,14). The molecular formula is C10H17NO3. The number of hydrogen-bond acceptors (Lipinski definition) is 2. The second-order valence-corrected chi connectivity index (χ2v) is 4.00. The molecule has 0 bridgehead atoms. The summed E-state index contributed by atoms with van der Waals surface area (Å²) in [6.45, 7) is 2.70. The first-order valence-electron chi connectivity index (χ1n) is 5.00. The molecule has 1 saturated heterocycles. The molecule has 0 aromatic rings. The normalized spacial score (nSPS) is 24.0. The van der Waals surface area contributed by atoms with Crippen LogP contribution < -0.4 is 0 Å². The second-order valence-electron chi connectivity index (χ2n) is 4.00. The molecule has 2 atom stereocenters. The van der Waals surface area contributed by atoms with Gasteiger partial charge in [0.05, 0.1) is 0 Å². The van der Waals surface area contributed by atoms with Crippen molar-refractivity contribution < 1.29 is 14.7 Å². The molecule has 0 aromatic heterocycles. The van der Waals surface area contributed by atoms with Gasteiger partial charge in [-0.1, -0.05) is 13.3 Å². The lowest BCUT2D eigenvalue weighted by atomic mass is 9.86. The predicted octanol–water partition coefficient (Wildman–Crippen LogP) is 0.966. The predicted molar refractivity (Wildman–Crippen MR) is 51.8 cm³/mol. The molecule has 80 valence electrons. The number of carboxylic acid groups (broad SMARTS) is 1. The minimum atomic E-state index is -0.765. The van der Waals surface area contributed by atoms with Gasteiger partial charge in [-0.25, -0.2) is 0 Å². The molecule has 0 radical (unpaired) electrons. The van der Waals surface area contributed by atoms with Crippen molar-refractivity contribution in [3.63, 3.8) is 0 Å². The number of carbonyl (C=O) groups is 2. The van der Waals surface area contributed by atoms with Gasteiger partial charge in [-0.15, -0.1) is 0 Å². The fourth-order valence-corrected chi connectivity index (χ4v) is 2.08. The lowest BCUT2D eigenvalue weighted by molar-refractivity contribution is -0.138. The minimum absolute atomic E-state index is 0.138. The van der Waals surface area contributed by atoms with Crippen molar-refractivity contribution >= 4 is 11.9 Å². The molecule has 1 fully saturated rings. The molecule has 0 aliphatic carbocycles. The molecule has 1 rings (SSSR count). The van der Waals surface area contributed by atoms with Gasteiger partial charge < -0.3 is 10.0 Å². The maximum absolute atomic E-state index is 11.3.